The van der Waals surface area contributed by atoms with Crippen molar-refractivity contribution in [2.45, 2.75) is 25.8 Å². The monoisotopic (exact) mass is 182 g/mol. The van der Waals surface area contributed by atoms with Crippen LogP contribution in [0.2, 0.25) is 0 Å². The van der Waals surface area contributed by atoms with Crippen LogP contribution in [0.3, 0.4) is 0 Å². The van der Waals surface area contributed by atoms with E-state index in [4.69, 9.17) is 5.84 Å². The largest absolute Gasteiger partial charge is 0.271 e. The highest BCUT2D eigenvalue weighted by Gasteiger charge is 2.32. The Hall–Kier alpha value is -0.380. The van der Waals surface area contributed by atoms with Gasteiger partial charge in [0.25, 0.3) is 0 Å². The molecule has 0 bridgehead atoms. The van der Waals surface area contributed by atoms with E-state index >= 15 is 0 Å². The van der Waals surface area contributed by atoms with Crippen LogP contribution in [0.4, 0.5) is 0 Å². The molecule has 1 aromatic rings. The number of rotatable bonds is 3. The van der Waals surface area contributed by atoms with E-state index in [-0.39, 0.29) is 0 Å². The number of thiophene rings is 1. The van der Waals surface area contributed by atoms with E-state index in [1.54, 1.807) is 0 Å². The van der Waals surface area contributed by atoms with Gasteiger partial charge in [0.05, 0.1) is 6.04 Å². The van der Waals surface area contributed by atoms with Crippen molar-refractivity contribution in [2.24, 2.45) is 11.8 Å². The van der Waals surface area contributed by atoms with Crippen LogP contribution in [0.5, 0.6) is 0 Å². The van der Waals surface area contributed by atoms with Crippen molar-refractivity contribution in [1.82, 2.24) is 5.43 Å². The summed E-state index contributed by atoms with van der Waals surface area (Å²) in [5.74, 6) is 6.32. The average Bonchev–Trinajstić information content (AvgIpc) is 2.80. The SMILES string of the molecule is Cc1ccsc1C(NN)C1CC1. The number of hydrogen-bond donors (Lipinski definition) is 2. The summed E-state index contributed by atoms with van der Waals surface area (Å²) >= 11 is 1.81. The minimum atomic E-state index is 0.407. The smallest absolute Gasteiger partial charge is 0.0584 e. The van der Waals surface area contributed by atoms with E-state index in [9.17, 15) is 0 Å². The lowest BCUT2D eigenvalue weighted by molar-refractivity contribution is 0.502. The standard InChI is InChI=1S/C9H14N2S/c1-6-4-5-12-9(6)8(11-10)7-2-3-7/h4-5,7-8,11H,2-3,10H2,1H3. The second kappa shape index (κ2) is 3.17. The Balaban J connectivity index is 2.20. The van der Waals surface area contributed by atoms with Crippen LogP contribution in [0.15, 0.2) is 11.4 Å². The minimum absolute atomic E-state index is 0.407. The molecule has 3 N–H and O–H groups in total. The molecule has 3 heteroatoms. The molecular weight excluding hydrogens is 168 g/mol. The van der Waals surface area contributed by atoms with E-state index in [0.29, 0.717) is 6.04 Å². The zero-order valence-corrected chi connectivity index (χ0v) is 8.03. The van der Waals surface area contributed by atoms with E-state index in [1.807, 2.05) is 11.3 Å². The van der Waals surface area contributed by atoms with Gasteiger partial charge in [0.15, 0.2) is 0 Å². The summed E-state index contributed by atoms with van der Waals surface area (Å²) in [6, 6.07) is 2.57. The number of aryl methyl sites for hydroxylation is 1. The average molecular weight is 182 g/mol. The zero-order chi connectivity index (χ0) is 8.55. The summed E-state index contributed by atoms with van der Waals surface area (Å²) in [5.41, 5.74) is 4.29. The van der Waals surface area contributed by atoms with Crippen molar-refractivity contribution in [2.75, 3.05) is 0 Å². The van der Waals surface area contributed by atoms with Crippen LogP contribution in [-0.2, 0) is 0 Å². The Morgan fingerprint density at radius 1 is 1.67 bits per heavy atom. The van der Waals surface area contributed by atoms with Gasteiger partial charge in [-0.15, -0.1) is 11.3 Å². The van der Waals surface area contributed by atoms with Crippen LogP contribution in [0.25, 0.3) is 0 Å². The van der Waals surface area contributed by atoms with Gasteiger partial charge in [0.2, 0.25) is 0 Å². The Kier molecular flexibility index (Phi) is 2.17. The lowest BCUT2D eigenvalue weighted by Gasteiger charge is -2.13. The van der Waals surface area contributed by atoms with Gasteiger partial charge in [-0.3, -0.25) is 11.3 Å². The molecule has 1 fully saturated rings. The van der Waals surface area contributed by atoms with Crippen LogP contribution >= 0.6 is 11.3 Å². The van der Waals surface area contributed by atoms with Gasteiger partial charge >= 0.3 is 0 Å². The Labute approximate surface area is 76.8 Å². The summed E-state index contributed by atoms with van der Waals surface area (Å²) in [4.78, 5) is 1.42. The van der Waals surface area contributed by atoms with E-state index in [0.717, 1.165) is 5.92 Å². The molecule has 1 aromatic heterocycles. The predicted molar refractivity (Wildman–Crippen MR) is 51.8 cm³/mol. The molecule has 1 unspecified atom stereocenters. The minimum Gasteiger partial charge on any atom is -0.271 e. The number of nitrogens with two attached hydrogens (primary N) is 1. The second-order valence-electron chi connectivity index (χ2n) is 3.45. The van der Waals surface area contributed by atoms with Gasteiger partial charge in [-0.2, -0.15) is 0 Å². The molecule has 0 saturated heterocycles. The third-order valence-electron chi connectivity index (χ3n) is 2.46. The van der Waals surface area contributed by atoms with Crippen molar-refractivity contribution in [3.8, 4) is 0 Å². The van der Waals surface area contributed by atoms with E-state index < -0.39 is 0 Å². The van der Waals surface area contributed by atoms with E-state index in [1.165, 1.54) is 23.3 Å². The summed E-state index contributed by atoms with van der Waals surface area (Å²) in [7, 11) is 0. The Bertz CT molecular complexity index is 265. The zero-order valence-electron chi connectivity index (χ0n) is 7.21. The number of hydrogen-bond acceptors (Lipinski definition) is 3. The molecule has 2 rings (SSSR count). The molecule has 0 spiro atoms. The lowest BCUT2D eigenvalue weighted by atomic mass is 10.1. The maximum Gasteiger partial charge on any atom is 0.0584 e. The molecule has 0 aliphatic heterocycles. The highest BCUT2D eigenvalue weighted by molar-refractivity contribution is 7.10. The van der Waals surface area contributed by atoms with Gasteiger partial charge in [-0.25, -0.2) is 0 Å². The van der Waals surface area contributed by atoms with Crippen LogP contribution in [0.1, 0.15) is 29.3 Å². The summed E-state index contributed by atoms with van der Waals surface area (Å²) < 4.78 is 0. The van der Waals surface area contributed by atoms with Gasteiger partial charge in [0, 0.05) is 4.88 Å². The third-order valence-corrected chi connectivity index (χ3v) is 3.56. The van der Waals surface area contributed by atoms with Gasteiger partial charge in [0.1, 0.15) is 0 Å². The molecule has 1 atom stereocenters. The molecule has 1 heterocycles. The van der Waals surface area contributed by atoms with Crippen molar-refractivity contribution in [3.63, 3.8) is 0 Å². The second-order valence-corrected chi connectivity index (χ2v) is 4.40. The first-order valence-corrected chi connectivity index (χ1v) is 5.21. The first-order valence-electron chi connectivity index (χ1n) is 4.33. The van der Waals surface area contributed by atoms with Crippen molar-refractivity contribution < 1.29 is 0 Å². The highest BCUT2D eigenvalue weighted by atomic mass is 32.1. The lowest BCUT2D eigenvalue weighted by Crippen LogP contribution is -2.29. The molecule has 1 saturated carbocycles. The van der Waals surface area contributed by atoms with Crippen molar-refractivity contribution in [1.29, 1.82) is 0 Å². The molecule has 1 aliphatic rings. The highest BCUT2D eigenvalue weighted by Crippen LogP contribution is 2.42. The fourth-order valence-electron chi connectivity index (χ4n) is 1.56. The number of nitrogens with one attached hydrogen (secondary N) is 1. The van der Waals surface area contributed by atoms with Crippen LogP contribution < -0.4 is 11.3 Å². The summed E-state index contributed by atoms with van der Waals surface area (Å²) in [6.07, 6.45) is 2.65. The summed E-state index contributed by atoms with van der Waals surface area (Å²) in [5, 5.41) is 2.14. The molecule has 0 aromatic carbocycles. The van der Waals surface area contributed by atoms with Crippen molar-refractivity contribution >= 4 is 11.3 Å². The van der Waals surface area contributed by atoms with Gasteiger partial charge < -0.3 is 0 Å². The third kappa shape index (κ3) is 1.40. The quantitative estimate of drug-likeness (QED) is 0.554. The molecule has 0 radical (unpaired) electrons. The topological polar surface area (TPSA) is 38.0 Å². The molecule has 66 valence electrons. The predicted octanol–water partition coefficient (Wildman–Crippen LogP) is 1.97. The van der Waals surface area contributed by atoms with Crippen LogP contribution in [0, 0.1) is 12.8 Å². The van der Waals surface area contributed by atoms with Gasteiger partial charge in [-0.1, -0.05) is 0 Å². The molecule has 0 amide bonds. The first kappa shape index (κ1) is 8.23. The molecule has 12 heavy (non-hydrogen) atoms. The molecule has 2 nitrogen and oxygen atoms in total. The normalized spacial score (nSPS) is 19.5. The Morgan fingerprint density at radius 3 is 2.83 bits per heavy atom. The van der Waals surface area contributed by atoms with E-state index in [2.05, 4.69) is 23.8 Å². The maximum absolute atomic E-state index is 5.53. The molecular formula is C9H14N2S. The fraction of sp³-hybridized carbons (Fsp3) is 0.556. The summed E-state index contributed by atoms with van der Waals surface area (Å²) in [6.45, 7) is 2.15. The first-order chi connectivity index (χ1) is 5.83. The number of hydrazine groups is 1. The molecule has 1 aliphatic carbocycles. The fourth-order valence-corrected chi connectivity index (χ4v) is 2.64. The maximum atomic E-state index is 5.53. The van der Waals surface area contributed by atoms with Crippen molar-refractivity contribution in [3.05, 3.63) is 21.9 Å². The van der Waals surface area contributed by atoms with Gasteiger partial charge in [-0.05, 0) is 42.7 Å². The van der Waals surface area contributed by atoms with Crippen LogP contribution in [-0.4, -0.2) is 0 Å². The Morgan fingerprint density at radius 2 is 2.42 bits per heavy atom.